The largest absolute Gasteiger partial charge is 0.497 e. The molecule has 6 nitrogen and oxygen atoms in total. The Morgan fingerprint density at radius 1 is 1.16 bits per heavy atom. The third-order valence-corrected chi connectivity index (χ3v) is 4.27. The van der Waals surface area contributed by atoms with Gasteiger partial charge in [0.05, 0.1) is 26.5 Å². The zero-order chi connectivity index (χ0) is 17.1. The Kier molecular flexibility index (Phi) is 4.35. The van der Waals surface area contributed by atoms with Crippen LogP contribution < -0.4 is 9.64 Å². The van der Waals surface area contributed by atoms with E-state index in [1.165, 1.54) is 5.56 Å². The van der Waals surface area contributed by atoms with E-state index < -0.39 is 0 Å². The zero-order valence-electron chi connectivity index (χ0n) is 14.1. The summed E-state index contributed by atoms with van der Waals surface area (Å²) in [6.45, 7) is 2.16. The van der Waals surface area contributed by atoms with Crippen LogP contribution >= 0.6 is 0 Å². The van der Waals surface area contributed by atoms with Gasteiger partial charge in [0.15, 0.2) is 6.23 Å². The number of ether oxygens (including phenoxy) is 2. The highest BCUT2D eigenvalue weighted by atomic mass is 16.5. The van der Waals surface area contributed by atoms with Crippen molar-refractivity contribution in [2.75, 3.05) is 25.2 Å². The molecule has 1 saturated heterocycles. The van der Waals surface area contributed by atoms with Gasteiger partial charge < -0.3 is 14.4 Å². The van der Waals surface area contributed by atoms with Gasteiger partial charge >= 0.3 is 0 Å². The van der Waals surface area contributed by atoms with E-state index in [1.54, 1.807) is 7.11 Å². The number of methoxy groups -OCH3 is 1. The summed E-state index contributed by atoms with van der Waals surface area (Å²) in [4.78, 5) is 2.18. The normalized spacial score (nSPS) is 17.0. The molecule has 1 aliphatic heterocycles. The van der Waals surface area contributed by atoms with Crippen molar-refractivity contribution in [2.45, 2.75) is 12.8 Å². The highest BCUT2D eigenvalue weighted by Crippen LogP contribution is 2.32. The first kappa shape index (κ1) is 15.7. The molecular weight excluding hydrogens is 316 g/mol. The Bertz CT molecular complexity index is 834. The van der Waals surface area contributed by atoms with Gasteiger partial charge in [0, 0.05) is 18.3 Å². The molecule has 0 N–H and O–H groups in total. The predicted molar refractivity (Wildman–Crippen MR) is 94.6 cm³/mol. The molecular formula is C19H20N4O2. The van der Waals surface area contributed by atoms with E-state index in [2.05, 4.69) is 33.4 Å². The molecule has 0 spiro atoms. The molecule has 1 aliphatic rings. The Morgan fingerprint density at radius 3 is 2.88 bits per heavy atom. The van der Waals surface area contributed by atoms with Crippen molar-refractivity contribution in [2.24, 2.45) is 0 Å². The van der Waals surface area contributed by atoms with Crippen molar-refractivity contribution in [3.8, 4) is 5.75 Å². The van der Waals surface area contributed by atoms with E-state index in [9.17, 15) is 0 Å². The Balaban J connectivity index is 1.54. The summed E-state index contributed by atoms with van der Waals surface area (Å²) >= 11 is 0. The molecule has 2 heterocycles. The van der Waals surface area contributed by atoms with E-state index in [-0.39, 0.29) is 6.23 Å². The minimum Gasteiger partial charge on any atom is -0.497 e. The molecule has 0 saturated carbocycles. The maximum Gasteiger partial charge on any atom is 0.177 e. The molecule has 0 aliphatic carbocycles. The number of benzene rings is 2. The predicted octanol–water partition coefficient (Wildman–Crippen LogP) is 2.87. The Labute approximate surface area is 146 Å². The highest BCUT2D eigenvalue weighted by molar-refractivity contribution is 5.52. The number of hydrogen-bond acceptors (Lipinski definition) is 5. The van der Waals surface area contributed by atoms with Gasteiger partial charge in [-0.2, -0.15) is 0 Å². The molecule has 6 heteroatoms. The molecule has 0 radical (unpaired) electrons. The summed E-state index contributed by atoms with van der Waals surface area (Å²) in [5.41, 5.74) is 3.06. The summed E-state index contributed by atoms with van der Waals surface area (Å²) in [6.07, 6.45) is 1.73. The van der Waals surface area contributed by atoms with Crippen LogP contribution in [0.3, 0.4) is 0 Å². The molecule has 25 heavy (non-hydrogen) atoms. The van der Waals surface area contributed by atoms with Crippen molar-refractivity contribution in [3.63, 3.8) is 0 Å². The van der Waals surface area contributed by atoms with Gasteiger partial charge in [-0.3, -0.25) is 0 Å². The second kappa shape index (κ2) is 6.94. The van der Waals surface area contributed by atoms with E-state index in [4.69, 9.17) is 9.47 Å². The number of aromatic nitrogens is 3. The third-order valence-electron chi connectivity index (χ3n) is 4.27. The lowest BCUT2D eigenvalue weighted by molar-refractivity contribution is 0.110. The number of nitrogens with zero attached hydrogens (tertiary/aromatic N) is 4. The van der Waals surface area contributed by atoms with Crippen LogP contribution in [0.1, 0.15) is 17.5 Å². The van der Waals surface area contributed by atoms with E-state index >= 15 is 0 Å². The van der Waals surface area contributed by atoms with Gasteiger partial charge in [0.25, 0.3) is 0 Å². The van der Waals surface area contributed by atoms with Gasteiger partial charge in [-0.05, 0) is 17.7 Å². The first-order valence-corrected chi connectivity index (χ1v) is 8.30. The van der Waals surface area contributed by atoms with Gasteiger partial charge in [0.1, 0.15) is 11.4 Å². The summed E-state index contributed by atoms with van der Waals surface area (Å²) in [7, 11) is 1.67. The van der Waals surface area contributed by atoms with Gasteiger partial charge in [-0.25, -0.2) is 4.68 Å². The van der Waals surface area contributed by atoms with Crippen LogP contribution in [-0.4, -0.2) is 35.3 Å². The van der Waals surface area contributed by atoms with Gasteiger partial charge in [-0.1, -0.05) is 41.6 Å². The van der Waals surface area contributed by atoms with E-state index in [0.29, 0.717) is 13.2 Å². The van der Waals surface area contributed by atoms with Gasteiger partial charge in [0.2, 0.25) is 0 Å². The van der Waals surface area contributed by atoms with Crippen molar-refractivity contribution in [1.82, 2.24) is 15.0 Å². The number of hydrogen-bond donors (Lipinski definition) is 0. The molecule has 0 amide bonds. The second-order valence-electron chi connectivity index (χ2n) is 5.94. The molecule has 3 aromatic rings. The maximum absolute atomic E-state index is 5.91. The monoisotopic (exact) mass is 336 g/mol. The topological polar surface area (TPSA) is 52.4 Å². The van der Waals surface area contributed by atoms with Crippen LogP contribution in [0.15, 0.2) is 60.8 Å². The SMILES string of the molecule is COc1cccc(N2CCOC2c2cn(Cc3ccccc3)nn2)c1. The fraction of sp³-hybridized carbons (Fsp3) is 0.263. The molecule has 2 aromatic carbocycles. The molecule has 1 fully saturated rings. The fourth-order valence-corrected chi connectivity index (χ4v) is 3.04. The first-order valence-electron chi connectivity index (χ1n) is 8.30. The summed E-state index contributed by atoms with van der Waals surface area (Å²) in [6, 6.07) is 18.2. The molecule has 1 aromatic heterocycles. The zero-order valence-corrected chi connectivity index (χ0v) is 14.1. The third kappa shape index (κ3) is 3.34. The van der Waals surface area contributed by atoms with Crippen molar-refractivity contribution in [3.05, 3.63) is 72.1 Å². The second-order valence-corrected chi connectivity index (χ2v) is 5.94. The van der Waals surface area contributed by atoms with Crippen LogP contribution in [-0.2, 0) is 11.3 Å². The molecule has 128 valence electrons. The minimum absolute atomic E-state index is 0.225. The number of anilines is 1. The Hall–Kier alpha value is -2.86. The quantitative estimate of drug-likeness (QED) is 0.717. The van der Waals surface area contributed by atoms with Crippen LogP contribution in [0.25, 0.3) is 0 Å². The molecule has 0 bridgehead atoms. The van der Waals surface area contributed by atoms with Gasteiger partial charge in [-0.15, -0.1) is 5.10 Å². The lowest BCUT2D eigenvalue weighted by Gasteiger charge is -2.23. The average molecular weight is 336 g/mol. The molecule has 1 atom stereocenters. The lowest BCUT2D eigenvalue weighted by atomic mass is 10.2. The van der Waals surface area contributed by atoms with Crippen LogP contribution in [0.4, 0.5) is 5.69 Å². The standard InChI is InChI=1S/C19H20N4O2/c1-24-17-9-5-8-16(12-17)23-10-11-25-19(23)18-14-22(21-20-18)13-15-6-3-2-4-7-15/h2-9,12,14,19H,10-11,13H2,1H3. The smallest absolute Gasteiger partial charge is 0.177 e. The Morgan fingerprint density at radius 2 is 2.04 bits per heavy atom. The summed E-state index contributed by atoms with van der Waals surface area (Å²) in [5.74, 6) is 0.830. The maximum atomic E-state index is 5.91. The van der Waals surface area contributed by atoms with E-state index in [0.717, 1.165) is 23.7 Å². The molecule has 4 rings (SSSR count). The first-order chi connectivity index (χ1) is 12.3. The molecule has 1 unspecified atom stereocenters. The highest BCUT2D eigenvalue weighted by Gasteiger charge is 2.29. The minimum atomic E-state index is -0.225. The van der Waals surface area contributed by atoms with Crippen LogP contribution in [0.2, 0.25) is 0 Å². The summed E-state index contributed by atoms with van der Waals surface area (Å²) < 4.78 is 13.1. The number of rotatable bonds is 5. The fourth-order valence-electron chi connectivity index (χ4n) is 3.04. The van der Waals surface area contributed by atoms with Crippen molar-refractivity contribution in [1.29, 1.82) is 0 Å². The van der Waals surface area contributed by atoms with E-state index in [1.807, 2.05) is 47.3 Å². The van der Waals surface area contributed by atoms with Crippen LogP contribution in [0.5, 0.6) is 5.75 Å². The summed E-state index contributed by atoms with van der Waals surface area (Å²) in [5, 5.41) is 8.58. The average Bonchev–Trinajstić information content (AvgIpc) is 3.32. The van der Waals surface area contributed by atoms with Crippen molar-refractivity contribution >= 4 is 5.69 Å². The van der Waals surface area contributed by atoms with Crippen molar-refractivity contribution < 1.29 is 9.47 Å². The van der Waals surface area contributed by atoms with Crippen LogP contribution in [0, 0.1) is 0 Å². The lowest BCUT2D eigenvalue weighted by Crippen LogP contribution is -2.23.